The first-order valence-electron chi connectivity index (χ1n) is 7.15. The van der Waals surface area contributed by atoms with Crippen molar-refractivity contribution in [3.63, 3.8) is 0 Å². The highest BCUT2D eigenvalue weighted by Crippen LogP contribution is 2.26. The van der Waals surface area contributed by atoms with Gasteiger partial charge in [-0.1, -0.05) is 12.8 Å². The third kappa shape index (κ3) is 3.37. The molecule has 2 aromatic heterocycles. The van der Waals surface area contributed by atoms with E-state index < -0.39 is 0 Å². The lowest BCUT2D eigenvalue weighted by Gasteiger charge is -2.17. The molecule has 1 saturated heterocycles. The van der Waals surface area contributed by atoms with Crippen molar-refractivity contribution in [3.05, 3.63) is 15.8 Å². The van der Waals surface area contributed by atoms with Gasteiger partial charge in [-0.2, -0.15) is 0 Å². The molecule has 3 heterocycles. The predicted molar refractivity (Wildman–Crippen MR) is 86.5 cm³/mol. The van der Waals surface area contributed by atoms with Gasteiger partial charge >= 0.3 is 0 Å². The second-order valence-corrected chi connectivity index (χ2v) is 6.91. The van der Waals surface area contributed by atoms with Crippen LogP contribution in [0.4, 0.5) is 5.13 Å². The van der Waals surface area contributed by atoms with Crippen molar-refractivity contribution in [2.45, 2.75) is 32.2 Å². The van der Waals surface area contributed by atoms with Gasteiger partial charge in [-0.25, -0.2) is 9.97 Å². The van der Waals surface area contributed by atoms with Crippen molar-refractivity contribution in [3.8, 4) is 11.4 Å². The van der Waals surface area contributed by atoms with Crippen LogP contribution in [0.5, 0.6) is 0 Å². The van der Waals surface area contributed by atoms with Gasteiger partial charge < -0.3 is 5.32 Å². The lowest BCUT2D eigenvalue weighted by molar-refractivity contribution is 0.276. The molecule has 0 aromatic carbocycles. The fraction of sp³-hybridized carbons (Fsp3) is 0.571. The summed E-state index contributed by atoms with van der Waals surface area (Å²) in [6.45, 7) is 3.43. The summed E-state index contributed by atoms with van der Waals surface area (Å²) in [4.78, 5) is 11.8. The molecule has 0 spiro atoms. The van der Waals surface area contributed by atoms with E-state index in [0.29, 0.717) is 0 Å². The molecule has 108 valence electrons. The van der Waals surface area contributed by atoms with Crippen LogP contribution in [0.1, 0.15) is 30.7 Å². The average Bonchev–Trinajstić information content (AvgIpc) is 3.04. The van der Waals surface area contributed by atoms with Crippen molar-refractivity contribution in [1.82, 2.24) is 14.9 Å². The number of nitrogens with zero attached hydrogens (tertiary/aromatic N) is 3. The molecular formula is C14H20N4S2. The van der Waals surface area contributed by atoms with Gasteiger partial charge in [-0.15, -0.1) is 22.7 Å². The number of likely N-dealkylation sites (tertiary alicyclic amines) is 1. The summed E-state index contributed by atoms with van der Waals surface area (Å²) in [5, 5.41) is 9.42. The molecule has 0 aliphatic carbocycles. The Bertz CT molecular complexity index is 541. The lowest BCUT2D eigenvalue weighted by Crippen LogP contribution is -2.23. The number of aromatic nitrogens is 2. The smallest absolute Gasteiger partial charge is 0.183 e. The quantitative estimate of drug-likeness (QED) is 0.935. The Morgan fingerprint density at radius 1 is 1.05 bits per heavy atom. The summed E-state index contributed by atoms with van der Waals surface area (Å²) in [6.07, 6.45) is 5.42. The van der Waals surface area contributed by atoms with E-state index >= 15 is 0 Å². The minimum absolute atomic E-state index is 0.946. The predicted octanol–water partition coefficient (Wildman–Crippen LogP) is 3.68. The first-order chi connectivity index (χ1) is 9.85. The first kappa shape index (κ1) is 14.0. The largest absolute Gasteiger partial charge is 0.365 e. The average molecular weight is 308 g/mol. The van der Waals surface area contributed by atoms with E-state index in [0.717, 1.165) is 23.1 Å². The van der Waals surface area contributed by atoms with Gasteiger partial charge in [0.25, 0.3) is 0 Å². The standard InChI is InChI=1S/C14H20N4S2/c1-15-14-17-12(10-20-14)11-9-19-13(16-11)8-18-6-4-2-3-5-7-18/h9-10H,2-8H2,1H3,(H,15,17). The highest BCUT2D eigenvalue weighted by atomic mass is 32.1. The molecular weight excluding hydrogens is 288 g/mol. The van der Waals surface area contributed by atoms with Crippen molar-refractivity contribution < 1.29 is 0 Å². The fourth-order valence-electron chi connectivity index (χ4n) is 2.49. The molecule has 0 amide bonds. The van der Waals surface area contributed by atoms with Crippen molar-refractivity contribution in [2.75, 3.05) is 25.5 Å². The summed E-state index contributed by atoms with van der Waals surface area (Å²) in [6, 6.07) is 0. The number of hydrogen-bond donors (Lipinski definition) is 1. The van der Waals surface area contributed by atoms with Gasteiger partial charge in [0.1, 0.15) is 16.4 Å². The third-order valence-electron chi connectivity index (χ3n) is 3.59. The Hall–Kier alpha value is -0.980. The molecule has 0 radical (unpaired) electrons. The number of hydrogen-bond acceptors (Lipinski definition) is 6. The SMILES string of the molecule is CNc1nc(-c2csc(CN3CCCCCC3)n2)cs1. The number of thiazole rings is 2. The van der Waals surface area contributed by atoms with E-state index in [2.05, 4.69) is 26.0 Å². The van der Waals surface area contributed by atoms with Crippen LogP contribution in [0.25, 0.3) is 11.4 Å². The molecule has 0 saturated carbocycles. The van der Waals surface area contributed by atoms with E-state index in [4.69, 9.17) is 4.98 Å². The van der Waals surface area contributed by atoms with Crippen LogP contribution >= 0.6 is 22.7 Å². The first-order valence-corrected chi connectivity index (χ1v) is 8.91. The topological polar surface area (TPSA) is 41.1 Å². The molecule has 4 nitrogen and oxygen atoms in total. The fourth-order valence-corrected chi connectivity index (χ4v) is 3.99. The number of anilines is 1. The van der Waals surface area contributed by atoms with Gasteiger partial charge in [0.05, 0.1) is 6.54 Å². The van der Waals surface area contributed by atoms with E-state index in [1.807, 2.05) is 7.05 Å². The van der Waals surface area contributed by atoms with E-state index in [1.165, 1.54) is 43.8 Å². The lowest BCUT2D eigenvalue weighted by atomic mass is 10.2. The number of rotatable bonds is 4. The Kier molecular flexibility index (Phi) is 4.65. The molecule has 3 rings (SSSR count). The molecule has 1 aliphatic heterocycles. The molecule has 6 heteroatoms. The molecule has 0 atom stereocenters. The molecule has 2 aromatic rings. The Balaban J connectivity index is 1.66. The van der Waals surface area contributed by atoms with Gasteiger partial charge in [-0.3, -0.25) is 4.90 Å². The Labute approximate surface area is 127 Å². The molecule has 20 heavy (non-hydrogen) atoms. The van der Waals surface area contributed by atoms with Gasteiger partial charge in [0.2, 0.25) is 0 Å². The van der Waals surface area contributed by atoms with Crippen LogP contribution in [0.3, 0.4) is 0 Å². The summed E-state index contributed by atoms with van der Waals surface area (Å²) in [5.74, 6) is 0. The maximum absolute atomic E-state index is 4.75. The van der Waals surface area contributed by atoms with Gasteiger partial charge in [0.15, 0.2) is 5.13 Å². The molecule has 1 aliphatic rings. The number of nitrogens with one attached hydrogen (secondary N) is 1. The highest BCUT2D eigenvalue weighted by Gasteiger charge is 2.13. The van der Waals surface area contributed by atoms with Gasteiger partial charge in [0, 0.05) is 17.8 Å². The second-order valence-electron chi connectivity index (χ2n) is 5.10. The monoisotopic (exact) mass is 308 g/mol. The van der Waals surface area contributed by atoms with Crippen molar-refractivity contribution in [1.29, 1.82) is 0 Å². The van der Waals surface area contributed by atoms with E-state index in [9.17, 15) is 0 Å². The van der Waals surface area contributed by atoms with Crippen molar-refractivity contribution in [2.24, 2.45) is 0 Å². The zero-order chi connectivity index (χ0) is 13.8. The van der Waals surface area contributed by atoms with Crippen LogP contribution < -0.4 is 5.32 Å². The second kappa shape index (κ2) is 6.65. The zero-order valence-electron chi connectivity index (χ0n) is 11.8. The molecule has 1 N–H and O–H groups in total. The summed E-state index contributed by atoms with van der Waals surface area (Å²) >= 11 is 3.38. The van der Waals surface area contributed by atoms with E-state index in [1.54, 1.807) is 22.7 Å². The summed E-state index contributed by atoms with van der Waals surface area (Å²) in [5.41, 5.74) is 2.00. The van der Waals surface area contributed by atoms with Crippen molar-refractivity contribution >= 4 is 27.8 Å². The Morgan fingerprint density at radius 2 is 1.75 bits per heavy atom. The zero-order valence-corrected chi connectivity index (χ0v) is 13.4. The minimum atomic E-state index is 0.946. The summed E-state index contributed by atoms with van der Waals surface area (Å²) < 4.78 is 0. The van der Waals surface area contributed by atoms with Crippen LogP contribution in [-0.4, -0.2) is 35.0 Å². The molecule has 0 unspecified atom stereocenters. The van der Waals surface area contributed by atoms with Crippen LogP contribution in [0.2, 0.25) is 0 Å². The Morgan fingerprint density at radius 3 is 2.45 bits per heavy atom. The maximum Gasteiger partial charge on any atom is 0.183 e. The minimum Gasteiger partial charge on any atom is -0.365 e. The van der Waals surface area contributed by atoms with Gasteiger partial charge in [-0.05, 0) is 25.9 Å². The maximum atomic E-state index is 4.75. The van der Waals surface area contributed by atoms with Crippen LogP contribution in [0, 0.1) is 0 Å². The van der Waals surface area contributed by atoms with Crippen LogP contribution in [0.15, 0.2) is 10.8 Å². The van der Waals surface area contributed by atoms with E-state index in [-0.39, 0.29) is 0 Å². The summed E-state index contributed by atoms with van der Waals surface area (Å²) in [7, 11) is 1.90. The van der Waals surface area contributed by atoms with Crippen LogP contribution in [-0.2, 0) is 6.54 Å². The highest BCUT2D eigenvalue weighted by molar-refractivity contribution is 7.14. The third-order valence-corrected chi connectivity index (χ3v) is 5.28. The molecule has 0 bridgehead atoms. The molecule has 1 fully saturated rings. The normalized spacial score (nSPS) is 17.1.